The molecule has 0 bridgehead atoms. The van der Waals surface area contributed by atoms with E-state index in [1.54, 1.807) is 18.4 Å². The van der Waals surface area contributed by atoms with E-state index >= 15 is 0 Å². The molecule has 0 amide bonds. The van der Waals surface area contributed by atoms with Gasteiger partial charge in [-0.2, -0.15) is 11.3 Å². The maximum atomic E-state index is 5.04. The zero-order valence-corrected chi connectivity index (χ0v) is 13.8. The summed E-state index contributed by atoms with van der Waals surface area (Å²) in [7, 11) is 1.66. The molecule has 0 saturated heterocycles. The molecule has 0 aliphatic heterocycles. The van der Waals surface area contributed by atoms with Crippen molar-refractivity contribution >= 4 is 11.3 Å². The number of ether oxygens (including phenoxy) is 1. The monoisotopic (exact) mass is 305 g/mol. The van der Waals surface area contributed by atoms with Gasteiger partial charge in [-0.1, -0.05) is 6.92 Å². The van der Waals surface area contributed by atoms with Gasteiger partial charge in [-0.25, -0.2) is 9.97 Å². The summed E-state index contributed by atoms with van der Waals surface area (Å²) in [5.41, 5.74) is 2.52. The topological polar surface area (TPSA) is 38.2 Å². The summed E-state index contributed by atoms with van der Waals surface area (Å²) in [4.78, 5) is 11.2. The van der Waals surface area contributed by atoms with Gasteiger partial charge in [0.25, 0.3) is 0 Å². The van der Waals surface area contributed by atoms with Gasteiger partial charge in [-0.15, -0.1) is 0 Å². The van der Waals surface area contributed by atoms with E-state index in [-0.39, 0.29) is 0 Å². The van der Waals surface area contributed by atoms with Gasteiger partial charge in [0.1, 0.15) is 6.61 Å². The van der Waals surface area contributed by atoms with Gasteiger partial charge in [0.2, 0.25) is 0 Å². The standard InChI is InChI=1S/C16H23N3OS/c1-4-13(2)19(9-14-5-6-21-12-14)10-15-7-17-16(11-20-3)18-8-15/h5-8,12-13H,4,9-11H2,1-3H3/t13-/m1/s1. The van der Waals surface area contributed by atoms with Crippen molar-refractivity contribution in [2.24, 2.45) is 0 Å². The van der Waals surface area contributed by atoms with E-state index in [0.29, 0.717) is 12.6 Å². The van der Waals surface area contributed by atoms with E-state index in [2.05, 4.69) is 45.5 Å². The maximum Gasteiger partial charge on any atom is 0.153 e. The first-order valence-corrected chi connectivity index (χ1v) is 8.21. The highest BCUT2D eigenvalue weighted by Crippen LogP contribution is 2.16. The minimum absolute atomic E-state index is 0.463. The van der Waals surface area contributed by atoms with Gasteiger partial charge in [0, 0.05) is 44.2 Å². The molecule has 0 unspecified atom stereocenters. The lowest BCUT2D eigenvalue weighted by Gasteiger charge is -2.28. The van der Waals surface area contributed by atoms with E-state index in [1.807, 2.05) is 12.4 Å². The quantitative estimate of drug-likeness (QED) is 0.748. The summed E-state index contributed by atoms with van der Waals surface area (Å²) >= 11 is 1.75. The van der Waals surface area contributed by atoms with Crippen LogP contribution in [0.1, 0.15) is 37.2 Å². The van der Waals surface area contributed by atoms with E-state index in [9.17, 15) is 0 Å². The second-order valence-electron chi connectivity index (χ2n) is 5.23. The van der Waals surface area contributed by atoms with Crippen molar-refractivity contribution in [3.05, 3.63) is 46.2 Å². The van der Waals surface area contributed by atoms with Crippen LogP contribution < -0.4 is 0 Å². The normalized spacial score (nSPS) is 12.8. The van der Waals surface area contributed by atoms with Crippen molar-refractivity contribution in [3.63, 3.8) is 0 Å². The summed E-state index contributed by atoms with van der Waals surface area (Å²) in [6.45, 7) is 6.80. The third-order valence-electron chi connectivity index (χ3n) is 3.60. The molecule has 0 radical (unpaired) electrons. The van der Waals surface area contributed by atoms with Crippen LogP contribution in [0.25, 0.3) is 0 Å². The average molecular weight is 305 g/mol. The predicted octanol–water partition coefficient (Wildman–Crippen LogP) is 3.49. The van der Waals surface area contributed by atoms with E-state index in [0.717, 1.165) is 30.9 Å². The van der Waals surface area contributed by atoms with Crippen molar-refractivity contribution in [1.82, 2.24) is 14.9 Å². The molecule has 4 nitrogen and oxygen atoms in total. The van der Waals surface area contributed by atoms with Crippen molar-refractivity contribution < 1.29 is 4.74 Å². The van der Waals surface area contributed by atoms with Crippen LogP contribution in [0.5, 0.6) is 0 Å². The first-order valence-electron chi connectivity index (χ1n) is 7.26. The van der Waals surface area contributed by atoms with Gasteiger partial charge in [0.05, 0.1) is 0 Å². The molecule has 2 aromatic rings. The van der Waals surface area contributed by atoms with Gasteiger partial charge >= 0.3 is 0 Å². The molecular weight excluding hydrogens is 282 g/mol. The van der Waals surface area contributed by atoms with Gasteiger partial charge in [-0.3, -0.25) is 4.90 Å². The lowest BCUT2D eigenvalue weighted by Crippen LogP contribution is -2.31. The third-order valence-corrected chi connectivity index (χ3v) is 4.33. The van der Waals surface area contributed by atoms with Crippen LogP contribution in [-0.2, 0) is 24.4 Å². The Bertz CT molecular complexity index is 513. The van der Waals surface area contributed by atoms with E-state index < -0.39 is 0 Å². The fraction of sp³-hybridized carbons (Fsp3) is 0.500. The Morgan fingerprint density at radius 2 is 1.95 bits per heavy atom. The molecule has 0 fully saturated rings. The molecule has 0 N–H and O–H groups in total. The number of aromatic nitrogens is 2. The van der Waals surface area contributed by atoms with Crippen LogP contribution in [0.15, 0.2) is 29.2 Å². The van der Waals surface area contributed by atoms with Crippen LogP contribution in [-0.4, -0.2) is 28.0 Å². The minimum Gasteiger partial charge on any atom is -0.377 e. The lowest BCUT2D eigenvalue weighted by atomic mass is 10.1. The van der Waals surface area contributed by atoms with Crippen molar-refractivity contribution in [3.8, 4) is 0 Å². The summed E-state index contributed by atoms with van der Waals surface area (Å²) in [6, 6.07) is 2.72. The second kappa shape index (κ2) is 8.22. The van der Waals surface area contributed by atoms with E-state index in [1.165, 1.54) is 5.56 Å². The fourth-order valence-electron chi connectivity index (χ4n) is 2.14. The smallest absolute Gasteiger partial charge is 0.153 e. The molecule has 2 aromatic heterocycles. The molecule has 0 aliphatic rings. The molecule has 0 spiro atoms. The van der Waals surface area contributed by atoms with Crippen molar-refractivity contribution in [2.75, 3.05) is 7.11 Å². The Balaban J connectivity index is 2.03. The molecule has 21 heavy (non-hydrogen) atoms. The average Bonchev–Trinajstić information content (AvgIpc) is 3.01. The molecule has 0 aliphatic carbocycles. The number of hydrogen-bond acceptors (Lipinski definition) is 5. The highest BCUT2D eigenvalue weighted by Gasteiger charge is 2.14. The second-order valence-corrected chi connectivity index (χ2v) is 6.01. The minimum atomic E-state index is 0.463. The summed E-state index contributed by atoms with van der Waals surface area (Å²) < 4.78 is 5.04. The fourth-order valence-corrected chi connectivity index (χ4v) is 2.80. The van der Waals surface area contributed by atoms with Gasteiger partial charge < -0.3 is 4.74 Å². The molecular formula is C16H23N3OS. The van der Waals surface area contributed by atoms with Crippen molar-refractivity contribution in [1.29, 1.82) is 0 Å². The van der Waals surface area contributed by atoms with Gasteiger partial charge in [-0.05, 0) is 35.7 Å². The lowest BCUT2D eigenvalue weighted by molar-refractivity contribution is 0.176. The number of methoxy groups -OCH3 is 1. The Kier molecular flexibility index (Phi) is 6.29. The summed E-state index contributed by atoms with van der Waals surface area (Å²) in [5, 5.41) is 4.35. The molecule has 0 saturated carbocycles. The van der Waals surface area contributed by atoms with Gasteiger partial charge in [0.15, 0.2) is 5.82 Å². The Hall–Kier alpha value is -1.30. The van der Waals surface area contributed by atoms with Crippen molar-refractivity contribution in [2.45, 2.75) is 46.0 Å². The summed E-state index contributed by atoms with van der Waals surface area (Å²) in [6.07, 6.45) is 4.95. The van der Waals surface area contributed by atoms with Crippen LogP contribution in [0, 0.1) is 0 Å². The Morgan fingerprint density at radius 3 is 2.52 bits per heavy atom. The molecule has 114 valence electrons. The number of thiophene rings is 1. The molecule has 2 rings (SSSR count). The molecule has 2 heterocycles. The highest BCUT2D eigenvalue weighted by molar-refractivity contribution is 7.07. The van der Waals surface area contributed by atoms with Crippen LogP contribution in [0.4, 0.5) is 0 Å². The highest BCUT2D eigenvalue weighted by atomic mass is 32.1. The van der Waals surface area contributed by atoms with E-state index in [4.69, 9.17) is 4.74 Å². The SMILES string of the molecule is CC[C@@H](C)N(Cc1cnc(COC)nc1)Cc1ccsc1. The molecule has 1 atom stereocenters. The Labute approximate surface area is 130 Å². The first-order chi connectivity index (χ1) is 10.2. The maximum absolute atomic E-state index is 5.04. The molecule has 5 heteroatoms. The number of hydrogen-bond donors (Lipinski definition) is 0. The largest absolute Gasteiger partial charge is 0.377 e. The zero-order chi connectivity index (χ0) is 15.1. The third kappa shape index (κ3) is 4.88. The number of nitrogens with zero attached hydrogens (tertiary/aromatic N) is 3. The number of rotatable bonds is 8. The Morgan fingerprint density at radius 1 is 1.24 bits per heavy atom. The first kappa shape index (κ1) is 16.1. The van der Waals surface area contributed by atoms with Crippen LogP contribution in [0.2, 0.25) is 0 Å². The summed E-state index contributed by atoms with van der Waals surface area (Å²) in [5.74, 6) is 0.731. The predicted molar refractivity (Wildman–Crippen MR) is 86.1 cm³/mol. The van der Waals surface area contributed by atoms with Crippen LogP contribution >= 0.6 is 11.3 Å². The van der Waals surface area contributed by atoms with Crippen LogP contribution in [0.3, 0.4) is 0 Å². The zero-order valence-electron chi connectivity index (χ0n) is 13.0. The molecule has 0 aromatic carbocycles.